The smallest absolute Gasteiger partial charge is 0.137 e. The summed E-state index contributed by atoms with van der Waals surface area (Å²) >= 11 is 3.17. The summed E-state index contributed by atoms with van der Waals surface area (Å²) in [4.78, 5) is 0. The molecule has 0 aromatic heterocycles. The van der Waals surface area contributed by atoms with Gasteiger partial charge >= 0.3 is 0 Å². The van der Waals surface area contributed by atoms with Crippen molar-refractivity contribution >= 4 is 15.9 Å². The fraction of sp³-hybridized carbons (Fsp3) is 0.538. The van der Waals surface area contributed by atoms with Crippen molar-refractivity contribution in [2.24, 2.45) is 5.92 Å². The van der Waals surface area contributed by atoms with Gasteiger partial charge in [0.2, 0.25) is 0 Å². The van der Waals surface area contributed by atoms with Crippen molar-refractivity contribution in [3.8, 4) is 0 Å². The molecule has 0 fully saturated rings. The summed E-state index contributed by atoms with van der Waals surface area (Å²) in [6.07, 6.45) is 0. The SMILES string of the molecule is CC(C)COCCNCc1ccc(F)c(Br)c1. The predicted octanol–water partition coefficient (Wildman–Crippen LogP) is 3.35. The highest BCUT2D eigenvalue weighted by molar-refractivity contribution is 9.10. The van der Waals surface area contributed by atoms with Gasteiger partial charge in [0.1, 0.15) is 5.82 Å². The maximum absolute atomic E-state index is 13.0. The van der Waals surface area contributed by atoms with Gasteiger partial charge in [-0.15, -0.1) is 0 Å². The number of hydrogen-bond donors (Lipinski definition) is 1. The van der Waals surface area contributed by atoms with Crippen LogP contribution in [0.5, 0.6) is 0 Å². The number of ether oxygens (including phenoxy) is 1. The number of hydrogen-bond acceptors (Lipinski definition) is 2. The van der Waals surface area contributed by atoms with E-state index in [-0.39, 0.29) is 5.82 Å². The number of halogens is 2. The second-order valence-electron chi connectivity index (χ2n) is 4.39. The maximum atomic E-state index is 13.0. The van der Waals surface area contributed by atoms with Gasteiger partial charge in [-0.1, -0.05) is 19.9 Å². The molecule has 2 nitrogen and oxygen atoms in total. The number of rotatable bonds is 7. The van der Waals surface area contributed by atoms with Crippen molar-refractivity contribution in [2.75, 3.05) is 19.8 Å². The lowest BCUT2D eigenvalue weighted by Crippen LogP contribution is -2.20. The zero-order valence-corrected chi connectivity index (χ0v) is 11.9. The summed E-state index contributed by atoms with van der Waals surface area (Å²) in [7, 11) is 0. The zero-order chi connectivity index (χ0) is 12.7. The number of nitrogens with one attached hydrogen (secondary N) is 1. The van der Waals surface area contributed by atoms with E-state index in [0.717, 1.165) is 25.3 Å². The van der Waals surface area contributed by atoms with E-state index in [1.165, 1.54) is 6.07 Å². The molecule has 0 spiro atoms. The lowest BCUT2D eigenvalue weighted by Gasteiger charge is -2.08. The van der Waals surface area contributed by atoms with Crippen LogP contribution >= 0.6 is 15.9 Å². The van der Waals surface area contributed by atoms with Crippen molar-refractivity contribution in [2.45, 2.75) is 20.4 Å². The fourth-order valence-corrected chi connectivity index (χ4v) is 1.77. The first-order valence-electron chi connectivity index (χ1n) is 5.82. The average molecular weight is 304 g/mol. The predicted molar refractivity (Wildman–Crippen MR) is 71.5 cm³/mol. The fourth-order valence-electron chi connectivity index (χ4n) is 1.35. The summed E-state index contributed by atoms with van der Waals surface area (Å²) in [6, 6.07) is 5.04. The van der Waals surface area contributed by atoms with E-state index in [1.807, 2.05) is 0 Å². The highest BCUT2D eigenvalue weighted by Crippen LogP contribution is 2.16. The van der Waals surface area contributed by atoms with Crippen LogP contribution in [0.2, 0.25) is 0 Å². The van der Waals surface area contributed by atoms with E-state index in [0.29, 0.717) is 17.0 Å². The van der Waals surface area contributed by atoms with E-state index >= 15 is 0 Å². The first-order valence-corrected chi connectivity index (χ1v) is 6.61. The Labute approximate surface area is 111 Å². The minimum absolute atomic E-state index is 0.228. The molecule has 17 heavy (non-hydrogen) atoms. The molecule has 0 aliphatic heterocycles. The lowest BCUT2D eigenvalue weighted by atomic mass is 10.2. The van der Waals surface area contributed by atoms with Crippen molar-refractivity contribution in [1.29, 1.82) is 0 Å². The van der Waals surface area contributed by atoms with Crippen LogP contribution in [0.4, 0.5) is 4.39 Å². The van der Waals surface area contributed by atoms with Gasteiger partial charge in [-0.25, -0.2) is 4.39 Å². The summed E-state index contributed by atoms with van der Waals surface area (Å²) < 4.78 is 18.9. The summed E-state index contributed by atoms with van der Waals surface area (Å²) in [5.41, 5.74) is 1.06. The average Bonchev–Trinajstić information content (AvgIpc) is 2.27. The molecule has 96 valence electrons. The quantitative estimate of drug-likeness (QED) is 0.780. The van der Waals surface area contributed by atoms with Crippen LogP contribution in [0.15, 0.2) is 22.7 Å². The van der Waals surface area contributed by atoms with E-state index in [1.54, 1.807) is 12.1 Å². The van der Waals surface area contributed by atoms with E-state index < -0.39 is 0 Å². The minimum Gasteiger partial charge on any atom is -0.380 e. The third-order valence-electron chi connectivity index (χ3n) is 2.19. The third-order valence-corrected chi connectivity index (χ3v) is 2.80. The molecular weight excluding hydrogens is 285 g/mol. The second-order valence-corrected chi connectivity index (χ2v) is 5.25. The monoisotopic (exact) mass is 303 g/mol. The molecule has 0 heterocycles. The van der Waals surface area contributed by atoms with E-state index in [9.17, 15) is 4.39 Å². The molecule has 0 unspecified atom stereocenters. The Kier molecular flexibility index (Phi) is 6.70. The summed E-state index contributed by atoms with van der Waals surface area (Å²) in [5.74, 6) is 0.345. The molecule has 0 radical (unpaired) electrons. The van der Waals surface area contributed by atoms with Crippen LogP contribution in [-0.2, 0) is 11.3 Å². The van der Waals surface area contributed by atoms with Gasteiger partial charge in [-0.2, -0.15) is 0 Å². The minimum atomic E-state index is -0.228. The molecular formula is C13H19BrFNO. The number of benzene rings is 1. The van der Waals surface area contributed by atoms with Gasteiger partial charge in [0.05, 0.1) is 11.1 Å². The van der Waals surface area contributed by atoms with E-state index in [4.69, 9.17) is 4.74 Å². The molecule has 0 saturated heterocycles. The summed E-state index contributed by atoms with van der Waals surface area (Å²) in [6.45, 7) is 7.29. The van der Waals surface area contributed by atoms with Crippen LogP contribution in [0.1, 0.15) is 19.4 Å². The standard InChI is InChI=1S/C13H19BrFNO/c1-10(2)9-17-6-5-16-8-11-3-4-13(15)12(14)7-11/h3-4,7,10,16H,5-6,8-9H2,1-2H3. The molecule has 0 aliphatic carbocycles. The molecule has 1 rings (SSSR count). The largest absolute Gasteiger partial charge is 0.380 e. The van der Waals surface area contributed by atoms with Crippen LogP contribution in [0, 0.1) is 11.7 Å². The highest BCUT2D eigenvalue weighted by atomic mass is 79.9. The normalized spacial score (nSPS) is 11.1. The molecule has 1 N–H and O–H groups in total. The second kappa shape index (κ2) is 7.80. The van der Waals surface area contributed by atoms with Gasteiger partial charge in [-0.3, -0.25) is 0 Å². The van der Waals surface area contributed by atoms with Gasteiger partial charge in [0.25, 0.3) is 0 Å². The molecule has 0 amide bonds. The molecule has 0 saturated carbocycles. The molecule has 1 aromatic carbocycles. The third kappa shape index (κ3) is 6.15. The van der Waals surface area contributed by atoms with Gasteiger partial charge < -0.3 is 10.1 Å². The van der Waals surface area contributed by atoms with Gasteiger partial charge in [-0.05, 0) is 39.5 Å². The zero-order valence-electron chi connectivity index (χ0n) is 10.3. The van der Waals surface area contributed by atoms with Crippen LogP contribution < -0.4 is 5.32 Å². The summed E-state index contributed by atoms with van der Waals surface area (Å²) in [5, 5.41) is 3.25. The molecule has 0 atom stereocenters. The Bertz CT molecular complexity index is 344. The Morgan fingerprint density at radius 3 is 2.82 bits per heavy atom. The van der Waals surface area contributed by atoms with Crippen molar-refractivity contribution in [1.82, 2.24) is 5.32 Å². The van der Waals surface area contributed by atoms with Crippen LogP contribution in [0.25, 0.3) is 0 Å². The van der Waals surface area contributed by atoms with Gasteiger partial charge in [0.15, 0.2) is 0 Å². The molecule has 0 aliphatic rings. The van der Waals surface area contributed by atoms with Crippen LogP contribution in [0.3, 0.4) is 0 Å². The molecule has 4 heteroatoms. The van der Waals surface area contributed by atoms with Crippen molar-refractivity contribution in [3.05, 3.63) is 34.1 Å². The Balaban J connectivity index is 2.16. The topological polar surface area (TPSA) is 21.3 Å². The first kappa shape index (κ1) is 14.6. The van der Waals surface area contributed by atoms with Gasteiger partial charge in [0, 0.05) is 19.7 Å². The lowest BCUT2D eigenvalue weighted by molar-refractivity contribution is 0.111. The highest BCUT2D eigenvalue weighted by Gasteiger charge is 2.00. The Morgan fingerprint density at radius 2 is 2.18 bits per heavy atom. The van der Waals surface area contributed by atoms with Crippen LogP contribution in [-0.4, -0.2) is 19.8 Å². The van der Waals surface area contributed by atoms with Crippen molar-refractivity contribution in [3.63, 3.8) is 0 Å². The molecule has 1 aromatic rings. The Morgan fingerprint density at radius 1 is 1.41 bits per heavy atom. The van der Waals surface area contributed by atoms with Crippen molar-refractivity contribution < 1.29 is 9.13 Å². The maximum Gasteiger partial charge on any atom is 0.137 e. The molecule has 0 bridgehead atoms. The van der Waals surface area contributed by atoms with E-state index in [2.05, 4.69) is 35.1 Å². The first-order chi connectivity index (χ1) is 8.09. The Hall–Kier alpha value is -0.450.